The van der Waals surface area contributed by atoms with Crippen LogP contribution in [0.15, 0.2) is 25.3 Å². The summed E-state index contributed by atoms with van der Waals surface area (Å²) in [7, 11) is 0. The Labute approximate surface area is 86.8 Å². The molecule has 0 N–H and O–H groups in total. The number of nitrogens with zero attached hydrogens (tertiary/aromatic N) is 1. The molecule has 0 aromatic heterocycles. The largest absolute Gasteiger partial charge is 0.656 e. The molecule has 0 aliphatic heterocycles. The summed E-state index contributed by atoms with van der Waals surface area (Å²) in [6.07, 6.45) is 3.53. The molecule has 2 heteroatoms. The summed E-state index contributed by atoms with van der Waals surface area (Å²) >= 11 is 0. The van der Waals surface area contributed by atoms with E-state index in [0.29, 0.717) is 0 Å². The summed E-state index contributed by atoms with van der Waals surface area (Å²) in [5, 5.41) is 3.97. The van der Waals surface area contributed by atoms with Gasteiger partial charge in [-0.05, 0) is 0 Å². The summed E-state index contributed by atoms with van der Waals surface area (Å²) in [5.74, 6) is 0. The second kappa shape index (κ2) is 10.8. The summed E-state index contributed by atoms with van der Waals surface area (Å²) in [5.41, 5.74) is 0. The van der Waals surface area contributed by atoms with Gasteiger partial charge in [0.25, 0.3) is 0 Å². The van der Waals surface area contributed by atoms with E-state index < -0.39 is 0 Å². The van der Waals surface area contributed by atoms with Crippen LogP contribution in [0.1, 0.15) is 0 Å². The second-order valence-corrected chi connectivity index (χ2v) is 1.17. The minimum Gasteiger partial charge on any atom is -0.656 e. The van der Waals surface area contributed by atoms with E-state index in [1.54, 1.807) is 12.2 Å². The molecule has 0 fully saturated rings. The van der Waals surface area contributed by atoms with E-state index in [0.717, 1.165) is 13.1 Å². The zero-order valence-electron chi connectivity index (χ0n) is 5.01. The summed E-state index contributed by atoms with van der Waals surface area (Å²) < 4.78 is 0. The van der Waals surface area contributed by atoms with Gasteiger partial charge in [-0.15, -0.1) is 38.4 Å². The van der Waals surface area contributed by atoms with E-state index in [-0.39, 0.29) is 44.1 Å². The van der Waals surface area contributed by atoms with Gasteiger partial charge in [0.2, 0.25) is 0 Å². The van der Waals surface area contributed by atoms with Gasteiger partial charge in [-0.2, -0.15) is 0 Å². The van der Waals surface area contributed by atoms with Crippen LogP contribution < -0.4 is 0 Å². The number of rotatable bonds is 4. The molecule has 0 amide bonds. The fraction of sp³-hybridized carbons (Fsp3) is 0.333. The topological polar surface area (TPSA) is 14.1 Å². The molecule has 0 aromatic carbocycles. The van der Waals surface area contributed by atoms with Crippen LogP contribution in [0, 0.1) is 44.1 Å². The van der Waals surface area contributed by atoms with E-state index in [4.69, 9.17) is 0 Å². The predicted molar refractivity (Wildman–Crippen MR) is 33.5 cm³/mol. The summed E-state index contributed by atoms with van der Waals surface area (Å²) in [4.78, 5) is 0. The first-order valence-electron chi connectivity index (χ1n) is 2.27. The van der Waals surface area contributed by atoms with Gasteiger partial charge in [0.05, 0.1) is 0 Å². The van der Waals surface area contributed by atoms with Crippen LogP contribution in [0.2, 0.25) is 0 Å². The molecule has 0 aromatic rings. The molecule has 0 unspecified atom stereocenters. The Bertz CT molecular complexity index is 53.5. The van der Waals surface area contributed by atoms with Gasteiger partial charge in [0.15, 0.2) is 0 Å². The minimum atomic E-state index is 0. The fourth-order valence-electron chi connectivity index (χ4n) is 0.257. The molecule has 8 heavy (non-hydrogen) atoms. The summed E-state index contributed by atoms with van der Waals surface area (Å²) in [6.45, 7) is 8.49. The summed E-state index contributed by atoms with van der Waals surface area (Å²) in [6, 6.07) is 0. The Hall–Kier alpha value is 0.882. The Morgan fingerprint density at radius 3 is 1.75 bits per heavy atom. The third-order valence-electron chi connectivity index (χ3n) is 0.516. The molecule has 0 aliphatic rings. The van der Waals surface area contributed by atoms with Crippen LogP contribution in [-0.2, 0) is 0 Å². The third kappa shape index (κ3) is 9.99. The first kappa shape index (κ1) is 11.7. The maximum Gasteiger partial charge on any atom is 0 e. The molecular weight excluding hydrogens is 313 g/mol. The monoisotopic (exact) mass is 323 g/mol. The molecule has 0 rings (SSSR count). The van der Waals surface area contributed by atoms with Crippen molar-refractivity contribution in [3.63, 3.8) is 0 Å². The normalized spacial score (nSPS) is 7.00. The van der Waals surface area contributed by atoms with E-state index in [1.165, 1.54) is 0 Å². The van der Waals surface area contributed by atoms with Crippen molar-refractivity contribution >= 4 is 0 Å². The van der Waals surface area contributed by atoms with Crippen LogP contribution in [0.25, 0.3) is 5.32 Å². The zero-order chi connectivity index (χ0) is 5.54. The van der Waals surface area contributed by atoms with Gasteiger partial charge in [0, 0.05) is 44.1 Å². The van der Waals surface area contributed by atoms with Crippen molar-refractivity contribution in [2.24, 2.45) is 0 Å². The minimum absolute atomic E-state index is 0. The predicted octanol–water partition coefficient (Wildman–Crippen LogP) is 1.73. The number of hydrogen-bond acceptors (Lipinski definition) is 0. The van der Waals surface area contributed by atoms with Crippen LogP contribution >= 0.6 is 0 Å². The van der Waals surface area contributed by atoms with Crippen LogP contribution in [0.4, 0.5) is 0 Å². The maximum absolute atomic E-state index is 3.97. The molecular formula is C6H10AcN-. The van der Waals surface area contributed by atoms with Gasteiger partial charge in [-0.25, -0.2) is 0 Å². The molecule has 0 aliphatic carbocycles. The van der Waals surface area contributed by atoms with Gasteiger partial charge in [-0.1, -0.05) is 0 Å². The molecule has 0 saturated carbocycles. The van der Waals surface area contributed by atoms with E-state index in [2.05, 4.69) is 18.5 Å². The third-order valence-corrected chi connectivity index (χ3v) is 0.516. The second-order valence-electron chi connectivity index (χ2n) is 1.17. The molecule has 0 atom stereocenters. The molecule has 0 heterocycles. The van der Waals surface area contributed by atoms with Crippen molar-refractivity contribution in [2.45, 2.75) is 0 Å². The standard InChI is InChI=1S/C6H10N.Ac/c1-3-5-7-6-4-2;/h3-4H,1-2,5-6H2;/q-1;. The van der Waals surface area contributed by atoms with Crippen LogP contribution in [0.5, 0.6) is 0 Å². The first-order chi connectivity index (χ1) is 3.41. The molecule has 1 radical (unpaired) electrons. The van der Waals surface area contributed by atoms with Crippen molar-refractivity contribution < 1.29 is 44.1 Å². The molecule has 1 nitrogen and oxygen atoms in total. The van der Waals surface area contributed by atoms with Crippen LogP contribution in [0.3, 0.4) is 0 Å². The van der Waals surface area contributed by atoms with Gasteiger partial charge in [-0.3, -0.25) is 0 Å². The zero-order valence-corrected chi connectivity index (χ0v) is 9.75. The van der Waals surface area contributed by atoms with E-state index in [1.807, 2.05) is 0 Å². The molecule has 43 valence electrons. The maximum atomic E-state index is 3.97. The average Bonchev–Trinajstić information content (AvgIpc) is 1.69. The molecule has 0 spiro atoms. The Balaban J connectivity index is 0. The van der Waals surface area contributed by atoms with Crippen molar-refractivity contribution in [3.8, 4) is 0 Å². The van der Waals surface area contributed by atoms with E-state index in [9.17, 15) is 0 Å². The number of hydrogen-bond donors (Lipinski definition) is 0. The quantitative estimate of drug-likeness (QED) is 0.553. The van der Waals surface area contributed by atoms with Gasteiger partial charge >= 0.3 is 0 Å². The Morgan fingerprint density at radius 2 is 1.50 bits per heavy atom. The average molecular weight is 323 g/mol. The van der Waals surface area contributed by atoms with Crippen molar-refractivity contribution in [2.75, 3.05) is 13.1 Å². The first-order valence-corrected chi connectivity index (χ1v) is 2.27. The van der Waals surface area contributed by atoms with Crippen LogP contribution in [-0.4, -0.2) is 13.1 Å². The van der Waals surface area contributed by atoms with E-state index >= 15 is 0 Å². The van der Waals surface area contributed by atoms with Crippen molar-refractivity contribution in [1.29, 1.82) is 0 Å². The smallest absolute Gasteiger partial charge is 0 e. The Morgan fingerprint density at radius 1 is 1.12 bits per heavy atom. The molecule has 0 bridgehead atoms. The Kier molecular flexibility index (Phi) is 15.7. The van der Waals surface area contributed by atoms with Gasteiger partial charge < -0.3 is 5.32 Å². The molecule has 0 saturated heterocycles. The van der Waals surface area contributed by atoms with Gasteiger partial charge in [0.1, 0.15) is 0 Å². The SMILES string of the molecule is C=CC[N-]CC=C.[Ac]. The van der Waals surface area contributed by atoms with Crippen molar-refractivity contribution in [3.05, 3.63) is 30.6 Å². The fourth-order valence-corrected chi connectivity index (χ4v) is 0.257. The van der Waals surface area contributed by atoms with Crippen molar-refractivity contribution in [1.82, 2.24) is 0 Å².